The van der Waals surface area contributed by atoms with Gasteiger partial charge in [0.15, 0.2) is 5.82 Å². The Balaban J connectivity index is 2.08. The van der Waals surface area contributed by atoms with E-state index < -0.39 is 10.7 Å². The van der Waals surface area contributed by atoms with E-state index in [1.54, 1.807) is 0 Å². The smallest absolute Gasteiger partial charge is 0.272 e. The summed E-state index contributed by atoms with van der Waals surface area (Å²) in [6.45, 7) is 0.312. The lowest BCUT2D eigenvalue weighted by Crippen LogP contribution is -2.01. The van der Waals surface area contributed by atoms with E-state index in [9.17, 15) is 14.5 Å². The van der Waals surface area contributed by atoms with Gasteiger partial charge < -0.3 is 5.32 Å². The van der Waals surface area contributed by atoms with Gasteiger partial charge in [0.05, 0.1) is 29.4 Å². The number of nitrogens with one attached hydrogen (secondary N) is 1. The number of nitrogens with zero attached hydrogens (tertiary/aromatic N) is 2. The van der Waals surface area contributed by atoms with Gasteiger partial charge in [-0.2, -0.15) is 0 Å². The fourth-order valence-corrected chi connectivity index (χ4v) is 2.20. The van der Waals surface area contributed by atoms with Crippen LogP contribution in [-0.4, -0.2) is 9.91 Å². The Kier molecular flexibility index (Phi) is 3.73. The first-order valence-corrected chi connectivity index (χ1v) is 6.04. The Bertz CT molecular complexity index is 590. The van der Waals surface area contributed by atoms with Crippen molar-refractivity contribution in [1.29, 1.82) is 0 Å². The first-order valence-electron chi connectivity index (χ1n) is 4.84. The van der Waals surface area contributed by atoms with Crippen LogP contribution >= 0.6 is 22.9 Å². The van der Waals surface area contributed by atoms with Crippen LogP contribution in [0.5, 0.6) is 0 Å². The summed E-state index contributed by atoms with van der Waals surface area (Å²) in [5, 5.41) is 13.9. The summed E-state index contributed by atoms with van der Waals surface area (Å²) < 4.78 is 14.1. The van der Waals surface area contributed by atoms with E-state index in [-0.39, 0.29) is 11.4 Å². The van der Waals surface area contributed by atoms with Gasteiger partial charge in [0.25, 0.3) is 5.69 Å². The number of rotatable bonds is 4. The van der Waals surface area contributed by atoms with Crippen LogP contribution in [0.25, 0.3) is 0 Å². The SMILES string of the molecule is O=[N+]([O-])c1ccc(NCc2ncc(Cl)s2)c(F)c1. The van der Waals surface area contributed by atoms with Gasteiger partial charge in [-0.1, -0.05) is 11.6 Å². The number of nitro benzene ring substituents is 1. The zero-order valence-electron chi connectivity index (χ0n) is 8.89. The number of hydrogen-bond donors (Lipinski definition) is 1. The van der Waals surface area contributed by atoms with E-state index in [0.717, 1.165) is 6.07 Å². The number of anilines is 1. The fourth-order valence-electron chi connectivity index (χ4n) is 1.30. The van der Waals surface area contributed by atoms with Crippen LogP contribution in [0.1, 0.15) is 5.01 Å². The van der Waals surface area contributed by atoms with Crippen molar-refractivity contribution in [2.24, 2.45) is 0 Å². The number of non-ortho nitro benzene ring substituents is 1. The molecule has 0 spiro atoms. The van der Waals surface area contributed by atoms with E-state index in [2.05, 4.69) is 10.3 Å². The lowest BCUT2D eigenvalue weighted by molar-refractivity contribution is -0.385. The molecule has 2 aromatic rings. The van der Waals surface area contributed by atoms with Gasteiger partial charge in [-0.25, -0.2) is 9.37 Å². The molecular weight excluding hydrogens is 281 g/mol. The monoisotopic (exact) mass is 287 g/mol. The molecule has 1 aromatic carbocycles. The van der Waals surface area contributed by atoms with Crippen LogP contribution in [0.2, 0.25) is 4.34 Å². The minimum atomic E-state index is -0.674. The maximum absolute atomic E-state index is 13.5. The Morgan fingerprint density at radius 1 is 1.56 bits per heavy atom. The van der Waals surface area contributed by atoms with Crippen molar-refractivity contribution in [3.63, 3.8) is 0 Å². The molecule has 0 aliphatic heterocycles. The van der Waals surface area contributed by atoms with E-state index in [1.807, 2.05) is 0 Å². The lowest BCUT2D eigenvalue weighted by atomic mass is 10.2. The number of benzene rings is 1. The van der Waals surface area contributed by atoms with Crippen molar-refractivity contribution in [1.82, 2.24) is 4.98 Å². The van der Waals surface area contributed by atoms with E-state index in [1.165, 1.54) is 29.7 Å². The number of halogens is 2. The summed E-state index contributed by atoms with van der Waals surface area (Å²) >= 11 is 6.99. The van der Waals surface area contributed by atoms with Gasteiger partial charge in [-0.15, -0.1) is 11.3 Å². The van der Waals surface area contributed by atoms with Crippen LogP contribution in [0.4, 0.5) is 15.8 Å². The molecule has 0 saturated carbocycles. The minimum Gasteiger partial charge on any atom is -0.376 e. The molecule has 0 saturated heterocycles. The van der Waals surface area contributed by atoms with Crippen molar-refractivity contribution >= 4 is 34.3 Å². The summed E-state index contributed by atoms with van der Waals surface area (Å²) in [6, 6.07) is 3.43. The molecule has 0 radical (unpaired) electrons. The van der Waals surface area contributed by atoms with Crippen LogP contribution in [0.15, 0.2) is 24.4 Å². The van der Waals surface area contributed by atoms with Crippen molar-refractivity contribution in [3.05, 3.63) is 49.7 Å². The molecule has 0 bridgehead atoms. The molecule has 1 aromatic heterocycles. The molecule has 8 heteroatoms. The zero-order chi connectivity index (χ0) is 13.1. The van der Waals surface area contributed by atoms with Gasteiger partial charge in [-0.05, 0) is 6.07 Å². The minimum absolute atomic E-state index is 0.187. The summed E-state index contributed by atoms with van der Waals surface area (Å²) in [5.74, 6) is -0.674. The average Bonchev–Trinajstić information content (AvgIpc) is 2.73. The van der Waals surface area contributed by atoms with Crippen LogP contribution in [-0.2, 0) is 6.54 Å². The predicted octanol–water partition coefficient (Wildman–Crippen LogP) is 3.46. The number of aromatic nitrogens is 1. The van der Waals surface area contributed by atoms with Gasteiger partial charge >= 0.3 is 0 Å². The normalized spacial score (nSPS) is 10.3. The standard InChI is InChI=1S/C10H7ClFN3O2S/c11-9-4-14-10(18-9)5-13-8-2-1-6(15(16)17)3-7(8)12/h1-4,13H,5H2. The van der Waals surface area contributed by atoms with E-state index in [4.69, 9.17) is 11.6 Å². The maximum Gasteiger partial charge on any atom is 0.272 e. The molecule has 5 nitrogen and oxygen atoms in total. The second kappa shape index (κ2) is 5.28. The molecule has 0 unspecified atom stereocenters. The fraction of sp³-hybridized carbons (Fsp3) is 0.100. The molecule has 0 aliphatic carbocycles. The van der Waals surface area contributed by atoms with Gasteiger partial charge in [-0.3, -0.25) is 10.1 Å². The summed E-state index contributed by atoms with van der Waals surface area (Å²) in [7, 11) is 0. The average molecular weight is 288 g/mol. The summed E-state index contributed by atoms with van der Waals surface area (Å²) in [6.07, 6.45) is 1.51. The molecule has 18 heavy (non-hydrogen) atoms. The third-order valence-electron chi connectivity index (χ3n) is 2.12. The Hall–Kier alpha value is -1.73. The molecule has 0 aliphatic rings. The van der Waals surface area contributed by atoms with Crippen molar-refractivity contribution in [3.8, 4) is 0 Å². The lowest BCUT2D eigenvalue weighted by Gasteiger charge is -2.05. The predicted molar refractivity (Wildman–Crippen MR) is 67.5 cm³/mol. The third kappa shape index (κ3) is 2.93. The summed E-state index contributed by atoms with van der Waals surface area (Å²) in [5.41, 5.74) is -0.0951. The van der Waals surface area contributed by atoms with Crippen LogP contribution in [0.3, 0.4) is 0 Å². The second-order valence-electron chi connectivity index (χ2n) is 3.33. The third-order valence-corrected chi connectivity index (χ3v) is 3.23. The Morgan fingerprint density at radius 2 is 2.33 bits per heavy atom. The molecule has 0 amide bonds. The van der Waals surface area contributed by atoms with Gasteiger partial charge in [0.1, 0.15) is 9.34 Å². The van der Waals surface area contributed by atoms with E-state index >= 15 is 0 Å². The molecule has 0 fully saturated rings. The molecule has 94 valence electrons. The number of hydrogen-bond acceptors (Lipinski definition) is 5. The Labute approximate surface area is 110 Å². The molecule has 1 N–H and O–H groups in total. The largest absolute Gasteiger partial charge is 0.376 e. The molecule has 2 rings (SSSR count). The molecule has 0 atom stereocenters. The Morgan fingerprint density at radius 3 is 2.89 bits per heavy atom. The van der Waals surface area contributed by atoms with Gasteiger partial charge in [0, 0.05) is 6.07 Å². The quantitative estimate of drug-likeness (QED) is 0.691. The van der Waals surface area contributed by atoms with Crippen molar-refractivity contribution in [2.45, 2.75) is 6.54 Å². The number of nitro groups is 1. The highest BCUT2D eigenvalue weighted by Crippen LogP contribution is 2.23. The maximum atomic E-state index is 13.5. The molecule has 1 heterocycles. The highest BCUT2D eigenvalue weighted by atomic mass is 35.5. The first kappa shape index (κ1) is 12.7. The van der Waals surface area contributed by atoms with Crippen LogP contribution in [0, 0.1) is 15.9 Å². The topological polar surface area (TPSA) is 68.1 Å². The zero-order valence-corrected chi connectivity index (χ0v) is 10.5. The van der Waals surface area contributed by atoms with Crippen molar-refractivity contribution < 1.29 is 9.31 Å². The van der Waals surface area contributed by atoms with Gasteiger partial charge in [0.2, 0.25) is 0 Å². The first-order chi connectivity index (χ1) is 8.56. The summed E-state index contributed by atoms with van der Waals surface area (Å²) in [4.78, 5) is 13.8. The highest BCUT2D eigenvalue weighted by Gasteiger charge is 2.10. The number of thiazole rings is 1. The van der Waals surface area contributed by atoms with Crippen molar-refractivity contribution in [2.75, 3.05) is 5.32 Å². The van der Waals surface area contributed by atoms with Crippen LogP contribution < -0.4 is 5.32 Å². The highest BCUT2D eigenvalue weighted by molar-refractivity contribution is 7.15. The van der Waals surface area contributed by atoms with E-state index in [0.29, 0.717) is 15.9 Å². The second-order valence-corrected chi connectivity index (χ2v) is 5.08. The molecular formula is C10H7ClFN3O2S.